The number of benzene rings is 3. The van der Waals surface area contributed by atoms with Crippen molar-refractivity contribution in [3.8, 4) is 28.4 Å². The van der Waals surface area contributed by atoms with Crippen molar-refractivity contribution in [2.45, 2.75) is 10.6 Å². The lowest BCUT2D eigenvalue weighted by molar-refractivity contribution is 0.422. The summed E-state index contributed by atoms with van der Waals surface area (Å²) in [5, 5.41) is 16.3. The normalized spacial score (nSPS) is 11.9. The van der Waals surface area contributed by atoms with E-state index in [0.29, 0.717) is 16.9 Å². The van der Waals surface area contributed by atoms with Gasteiger partial charge in [-0.3, -0.25) is 5.10 Å². The molecule has 0 bridgehead atoms. The molecule has 2 aromatic heterocycles. The Labute approximate surface area is 195 Å². The van der Waals surface area contributed by atoms with E-state index in [0.717, 1.165) is 36.4 Å². The van der Waals surface area contributed by atoms with Crippen LogP contribution < -0.4 is 0 Å². The average molecular weight is 502 g/mol. The number of aromatic hydroxyl groups is 1. The van der Waals surface area contributed by atoms with Crippen LogP contribution >= 0.6 is 0 Å². The lowest BCUT2D eigenvalue weighted by Gasteiger charge is -2.12. The second kappa shape index (κ2) is 8.24. The Hall–Kier alpha value is -4.19. The van der Waals surface area contributed by atoms with Crippen LogP contribution in [0.15, 0.2) is 59.8 Å². The lowest BCUT2D eigenvalue weighted by atomic mass is 9.99. The summed E-state index contributed by atoms with van der Waals surface area (Å²) in [4.78, 5) is 6.05. The fraction of sp³-hybridized carbons (Fsp3) is 0.0435. The second-order valence-corrected chi connectivity index (χ2v) is 9.56. The summed E-state index contributed by atoms with van der Waals surface area (Å²) in [6.07, 6.45) is 3.04. The van der Waals surface area contributed by atoms with E-state index in [1.165, 1.54) is 12.3 Å². The summed E-state index contributed by atoms with van der Waals surface area (Å²) in [6, 6.07) is 7.21. The molecular formula is C23H14F4N4O3S. The van der Waals surface area contributed by atoms with E-state index in [-0.39, 0.29) is 5.52 Å². The summed E-state index contributed by atoms with van der Waals surface area (Å²) in [5.74, 6) is -6.45. The molecule has 3 aromatic carbocycles. The van der Waals surface area contributed by atoms with Gasteiger partial charge in [0.15, 0.2) is 33.0 Å². The Kier molecular flexibility index (Phi) is 5.32. The SMILES string of the molecule is O=S(=O)(Cc1ccc(F)c(-c2ccc3c(-c4ncc[nH]4)[nH]nc3c2F)c1F)c1cccc(O)c1F. The number of sulfone groups is 1. The number of rotatable bonds is 5. The summed E-state index contributed by atoms with van der Waals surface area (Å²) < 4.78 is 85.0. The Balaban J connectivity index is 1.60. The monoisotopic (exact) mass is 502 g/mol. The lowest BCUT2D eigenvalue weighted by Crippen LogP contribution is -2.10. The van der Waals surface area contributed by atoms with Crippen LogP contribution in [0.3, 0.4) is 0 Å². The van der Waals surface area contributed by atoms with E-state index in [9.17, 15) is 22.3 Å². The van der Waals surface area contributed by atoms with E-state index in [1.54, 1.807) is 6.20 Å². The Bertz CT molecular complexity index is 1700. The fourth-order valence-corrected chi connectivity index (χ4v) is 5.25. The summed E-state index contributed by atoms with van der Waals surface area (Å²) >= 11 is 0. The standard InChI is InChI=1S/C23H14F4N4O3S/c24-14-7-4-11(10-35(33,34)16-3-1-2-15(32)20(16)27)18(25)17(14)12-5-6-13-21(19(12)26)30-31-22(13)23-28-8-9-29-23/h1-9,32H,10H2,(H,28,29)(H,30,31). The van der Waals surface area contributed by atoms with Crippen LogP contribution in [0, 0.1) is 23.3 Å². The van der Waals surface area contributed by atoms with Gasteiger partial charge in [0, 0.05) is 28.9 Å². The van der Waals surface area contributed by atoms with Gasteiger partial charge in [0.2, 0.25) is 0 Å². The predicted molar refractivity (Wildman–Crippen MR) is 118 cm³/mol. The first-order chi connectivity index (χ1) is 16.7. The molecule has 3 N–H and O–H groups in total. The zero-order valence-electron chi connectivity index (χ0n) is 17.5. The van der Waals surface area contributed by atoms with Crippen molar-refractivity contribution in [1.29, 1.82) is 0 Å². The van der Waals surface area contributed by atoms with Crippen LogP contribution in [0.5, 0.6) is 5.75 Å². The zero-order valence-corrected chi connectivity index (χ0v) is 18.3. The number of H-pyrrole nitrogens is 2. The van der Waals surface area contributed by atoms with Gasteiger partial charge in [-0.25, -0.2) is 31.0 Å². The minimum absolute atomic E-state index is 0.201. The van der Waals surface area contributed by atoms with Crippen molar-refractivity contribution in [1.82, 2.24) is 20.2 Å². The molecule has 0 aliphatic rings. The molecule has 178 valence electrons. The Morgan fingerprint density at radius 1 is 0.943 bits per heavy atom. The summed E-state index contributed by atoms with van der Waals surface area (Å²) in [5.41, 5.74) is -1.62. The van der Waals surface area contributed by atoms with Crippen LogP contribution in [0.4, 0.5) is 17.6 Å². The van der Waals surface area contributed by atoms with E-state index in [2.05, 4.69) is 20.2 Å². The Morgan fingerprint density at radius 2 is 1.74 bits per heavy atom. The molecule has 0 spiro atoms. The molecule has 0 saturated heterocycles. The van der Waals surface area contributed by atoms with Gasteiger partial charge in [-0.1, -0.05) is 18.2 Å². The van der Waals surface area contributed by atoms with Crippen molar-refractivity contribution >= 4 is 20.7 Å². The number of fused-ring (bicyclic) bond motifs is 1. The molecule has 0 aliphatic carbocycles. The number of phenols is 1. The highest BCUT2D eigenvalue weighted by atomic mass is 32.2. The van der Waals surface area contributed by atoms with Crippen LogP contribution in [-0.4, -0.2) is 33.7 Å². The molecule has 12 heteroatoms. The van der Waals surface area contributed by atoms with Crippen LogP contribution in [0.2, 0.25) is 0 Å². The van der Waals surface area contributed by atoms with Gasteiger partial charge in [0.1, 0.15) is 27.7 Å². The third-order valence-corrected chi connectivity index (χ3v) is 7.14. The number of imidazole rings is 1. The maximum Gasteiger partial charge on any atom is 0.185 e. The average Bonchev–Trinajstić information content (AvgIpc) is 3.49. The minimum Gasteiger partial charge on any atom is -0.505 e. The highest BCUT2D eigenvalue weighted by Crippen LogP contribution is 2.36. The molecule has 5 aromatic rings. The molecule has 7 nitrogen and oxygen atoms in total. The van der Waals surface area contributed by atoms with Crippen LogP contribution in [0.25, 0.3) is 33.5 Å². The smallest absolute Gasteiger partial charge is 0.185 e. The van der Waals surface area contributed by atoms with Crippen LogP contribution in [0.1, 0.15) is 5.56 Å². The Morgan fingerprint density at radius 3 is 2.49 bits per heavy atom. The van der Waals surface area contributed by atoms with E-state index >= 15 is 8.78 Å². The van der Waals surface area contributed by atoms with Crippen molar-refractivity contribution in [2.24, 2.45) is 0 Å². The van der Waals surface area contributed by atoms with Crippen molar-refractivity contribution < 1.29 is 31.1 Å². The van der Waals surface area contributed by atoms with Gasteiger partial charge in [-0.2, -0.15) is 5.10 Å². The van der Waals surface area contributed by atoms with E-state index < -0.39 is 66.2 Å². The van der Waals surface area contributed by atoms with Gasteiger partial charge in [0.05, 0.1) is 11.3 Å². The number of aromatic amines is 2. The minimum atomic E-state index is -4.49. The molecule has 5 rings (SSSR count). The highest BCUT2D eigenvalue weighted by Gasteiger charge is 2.27. The molecule has 0 aliphatic heterocycles. The van der Waals surface area contributed by atoms with E-state index in [4.69, 9.17) is 0 Å². The largest absolute Gasteiger partial charge is 0.505 e. The summed E-state index contributed by atoms with van der Waals surface area (Å²) in [7, 11) is -4.49. The first-order valence-electron chi connectivity index (χ1n) is 10.0. The fourth-order valence-electron chi connectivity index (χ4n) is 3.80. The quantitative estimate of drug-likeness (QED) is 0.298. The van der Waals surface area contributed by atoms with Gasteiger partial charge >= 0.3 is 0 Å². The molecule has 0 amide bonds. The topological polar surface area (TPSA) is 112 Å². The first-order valence-corrected chi connectivity index (χ1v) is 11.7. The molecular weight excluding hydrogens is 488 g/mol. The summed E-state index contributed by atoms with van der Waals surface area (Å²) in [6.45, 7) is 0. The van der Waals surface area contributed by atoms with Gasteiger partial charge in [-0.05, 0) is 24.3 Å². The molecule has 0 unspecified atom stereocenters. The number of hydrogen-bond donors (Lipinski definition) is 3. The third kappa shape index (κ3) is 3.71. The molecule has 0 saturated carbocycles. The second-order valence-electron chi connectivity index (χ2n) is 7.60. The van der Waals surface area contributed by atoms with Crippen molar-refractivity contribution in [2.75, 3.05) is 0 Å². The molecule has 0 fully saturated rings. The zero-order chi connectivity index (χ0) is 24.9. The van der Waals surface area contributed by atoms with Crippen molar-refractivity contribution in [3.63, 3.8) is 0 Å². The highest BCUT2D eigenvalue weighted by molar-refractivity contribution is 7.90. The first kappa shape index (κ1) is 22.6. The maximum atomic E-state index is 15.4. The van der Waals surface area contributed by atoms with Crippen LogP contribution in [-0.2, 0) is 15.6 Å². The number of halogens is 4. The molecule has 2 heterocycles. The molecule has 0 atom stereocenters. The molecule has 0 radical (unpaired) electrons. The number of nitrogens with one attached hydrogen (secondary N) is 2. The third-order valence-electron chi connectivity index (χ3n) is 5.46. The number of aromatic nitrogens is 4. The number of nitrogens with zero attached hydrogens (tertiary/aromatic N) is 2. The van der Waals surface area contributed by atoms with Gasteiger partial charge in [0.25, 0.3) is 0 Å². The number of phenolic OH excluding ortho intramolecular Hbond substituents is 1. The maximum absolute atomic E-state index is 15.4. The predicted octanol–water partition coefficient (Wildman–Crippen LogP) is 4.86. The molecule has 35 heavy (non-hydrogen) atoms. The van der Waals surface area contributed by atoms with E-state index in [1.807, 2.05) is 0 Å². The van der Waals surface area contributed by atoms with Crippen molar-refractivity contribution in [3.05, 3.63) is 83.7 Å². The van der Waals surface area contributed by atoms with Gasteiger partial charge < -0.3 is 10.1 Å². The number of hydrogen-bond acceptors (Lipinski definition) is 5. The van der Waals surface area contributed by atoms with Gasteiger partial charge in [-0.15, -0.1) is 0 Å².